The summed E-state index contributed by atoms with van der Waals surface area (Å²) in [6.07, 6.45) is 0. The summed E-state index contributed by atoms with van der Waals surface area (Å²) in [5.74, 6) is 0. The maximum absolute atomic E-state index is 10.5. The van der Waals surface area contributed by atoms with Gasteiger partial charge in [-0.15, -0.1) is 0 Å². The van der Waals surface area contributed by atoms with Gasteiger partial charge in [-0.25, -0.2) is 9.59 Å². The minimum absolute atomic E-state index is 0.425. The molecule has 0 aliphatic carbocycles. The Morgan fingerprint density at radius 3 is 1.44 bits per heavy atom. The van der Waals surface area contributed by atoms with E-state index in [2.05, 4.69) is 0 Å². The highest BCUT2D eigenvalue weighted by Gasteiger charge is 2.07. The molecule has 11 heteroatoms. The molecule has 0 radical (unpaired) electrons. The fourth-order valence-corrected chi connectivity index (χ4v) is 0.559. The van der Waals surface area contributed by atoms with E-state index in [1.165, 1.54) is 0 Å². The molecule has 0 fully saturated rings. The number of aliphatic hydroxyl groups excluding tert-OH is 5. The topological polar surface area (TPSA) is 175 Å². The summed E-state index contributed by atoms with van der Waals surface area (Å²) in [7, 11) is 0. The molecule has 11 nitrogen and oxygen atoms in total. The van der Waals surface area contributed by atoms with E-state index in [0.717, 1.165) is 0 Å². The maximum Gasteiger partial charge on any atom is 0.322 e. The molecular formula is C7H18N4O7. The Kier molecular flexibility index (Phi) is 13.9. The third-order valence-electron chi connectivity index (χ3n) is 1.34. The third-order valence-corrected chi connectivity index (χ3v) is 1.34. The van der Waals surface area contributed by atoms with Gasteiger partial charge in [0.15, 0.2) is 0 Å². The first-order valence-electron chi connectivity index (χ1n) is 4.66. The number of hydrogen-bond acceptors (Lipinski definition) is 7. The number of nitrogens with one attached hydrogen (secondary N) is 3. The zero-order valence-corrected chi connectivity index (χ0v) is 9.54. The third kappa shape index (κ3) is 10.8. The van der Waals surface area contributed by atoms with Crippen LogP contribution in [0.2, 0.25) is 0 Å². The molecule has 4 amide bonds. The number of nitrogens with zero attached hydrogens (tertiary/aromatic N) is 1. The van der Waals surface area contributed by atoms with Crippen molar-refractivity contribution >= 4 is 12.1 Å². The van der Waals surface area contributed by atoms with E-state index >= 15 is 0 Å². The number of carbonyl (C=O) groups is 2. The molecule has 0 bridgehead atoms. The molecule has 0 aromatic rings. The van der Waals surface area contributed by atoms with Gasteiger partial charge in [-0.05, 0) is 0 Å². The zero-order chi connectivity index (χ0) is 14.4. The molecule has 0 heterocycles. The van der Waals surface area contributed by atoms with Crippen molar-refractivity contribution in [3.63, 3.8) is 0 Å². The summed E-state index contributed by atoms with van der Waals surface area (Å²) in [5, 5.41) is 46.8. The predicted molar refractivity (Wildman–Crippen MR) is 57.5 cm³/mol. The molecule has 0 saturated heterocycles. The van der Waals surface area contributed by atoms with Crippen molar-refractivity contribution in [1.29, 1.82) is 0 Å². The van der Waals surface area contributed by atoms with Gasteiger partial charge >= 0.3 is 12.1 Å². The summed E-state index contributed by atoms with van der Waals surface area (Å²) in [6.45, 7) is -2.53. The number of carbonyl (C=O) groups excluding carboxylic acids is 2. The highest BCUT2D eigenvalue weighted by molar-refractivity contribution is 5.73. The molecule has 0 rings (SSSR count). The molecule has 0 aliphatic rings. The zero-order valence-electron chi connectivity index (χ0n) is 9.54. The van der Waals surface area contributed by atoms with Crippen LogP contribution in [0.1, 0.15) is 0 Å². The van der Waals surface area contributed by atoms with E-state index < -0.39 is 45.7 Å². The fraction of sp³-hybridized carbons (Fsp3) is 0.714. The molecule has 8 N–H and O–H groups in total. The van der Waals surface area contributed by atoms with E-state index in [1.54, 1.807) is 0 Å². The van der Waals surface area contributed by atoms with Crippen molar-refractivity contribution < 1.29 is 35.1 Å². The molecule has 0 aromatic carbocycles. The highest BCUT2D eigenvalue weighted by Crippen LogP contribution is 1.82. The van der Waals surface area contributed by atoms with E-state index in [9.17, 15) is 9.59 Å². The van der Waals surface area contributed by atoms with Gasteiger partial charge in [0.1, 0.15) is 33.7 Å². The van der Waals surface area contributed by atoms with Crippen LogP contribution in [0.25, 0.3) is 0 Å². The molecule has 0 spiro atoms. The number of amides is 4. The van der Waals surface area contributed by atoms with Crippen molar-refractivity contribution in [3.05, 3.63) is 0 Å². The van der Waals surface area contributed by atoms with Crippen molar-refractivity contribution in [2.24, 2.45) is 0 Å². The molecular weight excluding hydrogens is 252 g/mol. The van der Waals surface area contributed by atoms with E-state index in [-0.39, 0.29) is 0 Å². The molecule has 108 valence electrons. The van der Waals surface area contributed by atoms with Crippen LogP contribution in [0, 0.1) is 0 Å². The SMILES string of the molecule is O=C(NCO)N(CO)CO.O=C(NCO)NCO. The van der Waals surface area contributed by atoms with Crippen molar-refractivity contribution in [2.45, 2.75) is 0 Å². The molecule has 0 aliphatic heterocycles. The normalized spacial score (nSPS) is 8.72. The smallest absolute Gasteiger partial charge is 0.322 e. The molecule has 18 heavy (non-hydrogen) atoms. The van der Waals surface area contributed by atoms with Gasteiger partial charge in [-0.3, -0.25) is 4.90 Å². The van der Waals surface area contributed by atoms with Gasteiger partial charge in [0.2, 0.25) is 0 Å². The monoisotopic (exact) mass is 270 g/mol. The second-order valence-electron chi connectivity index (χ2n) is 2.46. The minimum atomic E-state index is -0.715. The summed E-state index contributed by atoms with van der Waals surface area (Å²) in [6, 6.07) is -1.30. The van der Waals surface area contributed by atoms with Gasteiger partial charge in [0.05, 0.1) is 0 Å². The predicted octanol–water partition coefficient (Wildman–Crippen LogP) is -3.97. The lowest BCUT2D eigenvalue weighted by molar-refractivity contribution is 0.0539. The van der Waals surface area contributed by atoms with Gasteiger partial charge in [0.25, 0.3) is 0 Å². The lowest BCUT2D eigenvalue weighted by Crippen LogP contribution is -2.41. The number of urea groups is 2. The molecule has 0 unspecified atom stereocenters. The van der Waals surface area contributed by atoms with Crippen LogP contribution in [0.4, 0.5) is 9.59 Å². The second kappa shape index (κ2) is 13.4. The van der Waals surface area contributed by atoms with Crippen LogP contribution >= 0.6 is 0 Å². The number of rotatable bonds is 5. The fourth-order valence-electron chi connectivity index (χ4n) is 0.559. The van der Waals surface area contributed by atoms with Crippen LogP contribution in [0.3, 0.4) is 0 Å². The highest BCUT2D eigenvalue weighted by atomic mass is 16.3. The van der Waals surface area contributed by atoms with Gasteiger partial charge < -0.3 is 41.5 Å². The summed E-state index contributed by atoms with van der Waals surface area (Å²) >= 11 is 0. The Hall–Kier alpha value is -1.66. The lowest BCUT2D eigenvalue weighted by Gasteiger charge is -2.15. The van der Waals surface area contributed by atoms with E-state index in [4.69, 9.17) is 25.5 Å². The summed E-state index contributed by atoms with van der Waals surface area (Å²) in [4.78, 5) is 21.3. The Labute approximate surface area is 103 Å². The number of hydrogen-bond donors (Lipinski definition) is 8. The van der Waals surface area contributed by atoms with Crippen molar-refractivity contribution in [3.8, 4) is 0 Å². The van der Waals surface area contributed by atoms with Crippen molar-refractivity contribution in [1.82, 2.24) is 20.9 Å². The van der Waals surface area contributed by atoms with Crippen molar-refractivity contribution in [2.75, 3.05) is 33.7 Å². The Bertz CT molecular complexity index is 216. The average Bonchev–Trinajstić information content (AvgIpc) is 2.32. The molecule has 0 aromatic heterocycles. The van der Waals surface area contributed by atoms with Gasteiger partial charge in [-0.2, -0.15) is 0 Å². The van der Waals surface area contributed by atoms with E-state index in [0.29, 0.717) is 4.90 Å². The first-order valence-corrected chi connectivity index (χ1v) is 4.66. The van der Waals surface area contributed by atoms with Crippen LogP contribution < -0.4 is 16.0 Å². The van der Waals surface area contributed by atoms with Crippen LogP contribution in [-0.4, -0.2) is 76.1 Å². The minimum Gasteiger partial charge on any atom is -0.376 e. The van der Waals surface area contributed by atoms with Crippen LogP contribution in [0.15, 0.2) is 0 Å². The summed E-state index contributed by atoms with van der Waals surface area (Å²) < 4.78 is 0. The Morgan fingerprint density at radius 2 is 1.17 bits per heavy atom. The lowest BCUT2D eigenvalue weighted by atomic mass is 10.8. The van der Waals surface area contributed by atoms with Gasteiger partial charge in [-0.1, -0.05) is 0 Å². The summed E-state index contributed by atoms with van der Waals surface area (Å²) in [5.41, 5.74) is 0. The molecule has 0 saturated carbocycles. The van der Waals surface area contributed by atoms with Gasteiger partial charge in [0, 0.05) is 0 Å². The standard InChI is InChI=1S/C4H10N2O4.C3H8N2O3/c7-1-5-4(10)6(2-8)3-9;6-1-4-3(8)5-2-7/h7-9H,1-3H2,(H,5,10);6-7H,1-2H2,(H2,4,5,8). The largest absolute Gasteiger partial charge is 0.376 e. The second-order valence-corrected chi connectivity index (χ2v) is 2.46. The Morgan fingerprint density at radius 1 is 0.778 bits per heavy atom. The number of aliphatic hydroxyl groups is 5. The van der Waals surface area contributed by atoms with Crippen LogP contribution in [-0.2, 0) is 0 Å². The van der Waals surface area contributed by atoms with E-state index in [1.807, 2.05) is 16.0 Å². The average molecular weight is 270 g/mol. The quantitative estimate of drug-likeness (QED) is 0.235. The first-order chi connectivity index (χ1) is 8.56. The van der Waals surface area contributed by atoms with Crippen LogP contribution in [0.5, 0.6) is 0 Å². The maximum atomic E-state index is 10.5. The Balaban J connectivity index is 0. The molecule has 0 atom stereocenters. The first kappa shape index (κ1) is 18.7.